The van der Waals surface area contributed by atoms with Crippen LogP contribution in [0, 0.1) is 0 Å². The largest absolute Gasteiger partial charge is 0.494 e. The van der Waals surface area contributed by atoms with Crippen molar-refractivity contribution in [1.82, 2.24) is 5.32 Å². The summed E-state index contributed by atoms with van der Waals surface area (Å²) in [5.41, 5.74) is 2.20. The Hall–Kier alpha value is -2.86. The number of benzene rings is 2. The number of nitrogens with one attached hydrogen (secondary N) is 2. The highest BCUT2D eigenvalue weighted by atomic mass is 32.1. The predicted molar refractivity (Wildman–Crippen MR) is 108 cm³/mol. The summed E-state index contributed by atoms with van der Waals surface area (Å²) in [5.74, 6) is 1.17. The molecule has 0 aliphatic carbocycles. The van der Waals surface area contributed by atoms with Crippen molar-refractivity contribution >= 4 is 28.9 Å². The Morgan fingerprint density at radius 1 is 1.04 bits per heavy atom. The molecule has 2 aromatic carbocycles. The topological polar surface area (TPSA) is 59.6 Å². The highest BCUT2D eigenvalue weighted by molar-refractivity contribution is 7.80. The Balaban J connectivity index is 1.87. The van der Waals surface area contributed by atoms with Crippen LogP contribution in [-0.2, 0) is 0 Å². The summed E-state index contributed by atoms with van der Waals surface area (Å²) < 4.78 is 10.9. The van der Waals surface area contributed by atoms with E-state index in [0.717, 1.165) is 22.8 Å². The number of rotatable bonds is 7. The van der Waals surface area contributed by atoms with Gasteiger partial charge in [-0.2, -0.15) is 0 Å². The fourth-order valence-corrected chi connectivity index (χ4v) is 2.26. The molecule has 6 heteroatoms. The van der Waals surface area contributed by atoms with Crippen LogP contribution < -0.4 is 20.1 Å². The predicted octanol–water partition coefficient (Wildman–Crippen LogP) is 4.17. The van der Waals surface area contributed by atoms with E-state index >= 15 is 0 Å². The van der Waals surface area contributed by atoms with E-state index in [2.05, 4.69) is 17.2 Å². The molecule has 0 spiro atoms. The molecule has 0 heterocycles. The van der Waals surface area contributed by atoms with Gasteiger partial charge in [0.25, 0.3) is 5.91 Å². The first-order valence-corrected chi connectivity index (χ1v) is 8.61. The van der Waals surface area contributed by atoms with Gasteiger partial charge in [-0.25, -0.2) is 0 Å². The molecule has 0 bridgehead atoms. The third-order valence-corrected chi connectivity index (χ3v) is 3.46. The summed E-state index contributed by atoms with van der Waals surface area (Å²) >= 11 is 5.19. The zero-order chi connectivity index (χ0) is 18.9. The average molecular weight is 370 g/mol. The van der Waals surface area contributed by atoms with Crippen molar-refractivity contribution in [3.05, 3.63) is 66.2 Å². The van der Waals surface area contributed by atoms with Crippen LogP contribution in [0.15, 0.2) is 60.7 Å². The van der Waals surface area contributed by atoms with Gasteiger partial charge < -0.3 is 14.8 Å². The summed E-state index contributed by atoms with van der Waals surface area (Å²) in [6.07, 6.45) is 0. The number of carbonyl (C=O) groups excluding carboxylic acids is 1. The lowest BCUT2D eigenvalue weighted by atomic mass is 10.2. The quantitative estimate of drug-likeness (QED) is 0.566. The minimum absolute atomic E-state index is 0.222. The average Bonchev–Trinajstić information content (AvgIpc) is 2.62. The van der Waals surface area contributed by atoms with E-state index in [0.29, 0.717) is 18.8 Å². The first-order valence-electron chi connectivity index (χ1n) is 8.20. The van der Waals surface area contributed by atoms with Crippen molar-refractivity contribution in [2.75, 3.05) is 18.5 Å². The molecular weight excluding hydrogens is 348 g/mol. The fourth-order valence-electron chi connectivity index (χ4n) is 2.05. The molecule has 0 unspecified atom stereocenters. The van der Waals surface area contributed by atoms with Crippen molar-refractivity contribution in [1.29, 1.82) is 0 Å². The lowest BCUT2D eigenvalue weighted by molar-refractivity contribution is 0.0977. The SMILES string of the molecule is C=C(C)COc1ccc(NC(=S)NC(=O)c2ccc(OCC)cc2)cc1. The maximum absolute atomic E-state index is 12.2. The van der Waals surface area contributed by atoms with Gasteiger partial charge in [-0.3, -0.25) is 10.1 Å². The zero-order valence-corrected chi connectivity index (χ0v) is 15.7. The van der Waals surface area contributed by atoms with E-state index in [1.165, 1.54) is 0 Å². The summed E-state index contributed by atoms with van der Waals surface area (Å²) in [4.78, 5) is 12.2. The molecule has 2 aromatic rings. The van der Waals surface area contributed by atoms with Crippen LogP contribution in [0.4, 0.5) is 5.69 Å². The van der Waals surface area contributed by atoms with E-state index in [4.69, 9.17) is 21.7 Å². The summed E-state index contributed by atoms with van der Waals surface area (Å²) in [6, 6.07) is 14.2. The maximum atomic E-state index is 12.2. The van der Waals surface area contributed by atoms with Gasteiger partial charge in [-0.05, 0) is 80.2 Å². The Bertz CT molecular complexity index is 771. The van der Waals surface area contributed by atoms with Crippen molar-refractivity contribution in [2.24, 2.45) is 0 Å². The monoisotopic (exact) mass is 370 g/mol. The van der Waals surface area contributed by atoms with Gasteiger partial charge in [0.05, 0.1) is 6.61 Å². The minimum Gasteiger partial charge on any atom is -0.494 e. The molecular formula is C20H22N2O3S. The van der Waals surface area contributed by atoms with Crippen LogP contribution in [0.3, 0.4) is 0 Å². The van der Waals surface area contributed by atoms with Crippen LogP contribution in [0.5, 0.6) is 11.5 Å². The molecule has 26 heavy (non-hydrogen) atoms. The molecule has 5 nitrogen and oxygen atoms in total. The normalized spacial score (nSPS) is 9.92. The van der Waals surface area contributed by atoms with Crippen LogP contribution >= 0.6 is 12.2 Å². The maximum Gasteiger partial charge on any atom is 0.257 e. The number of hydrogen-bond donors (Lipinski definition) is 2. The number of anilines is 1. The van der Waals surface area contributed by atoms with Gasteiger partial charge in [-0.15, -0.1) is 0 Å². The molecule has 0 saturated carbocycles. The number of amides is 1. The van der Waals surface area contributed by atoms with Crippen molar-refractivity contribution in [3.8, 4) is 11.5 Å². The second kappa shape index (κ2) is 9.58. The molecule has 0 atom stereocenters. The van der Waals surface area contributed by atoms with E-state index in [-0.39, 0.29) is 11.0 Å². The first kappa shape index (κ1) is 19.5. The summed E-state index contributed by atoms with van der Waals surface area (Å²) in [5, 5.41) is 5.84. The molecule has 0 aliphatic rings. The van der Waals surface area contributed by atoms with Gasteiger partial charge in [0.2, 0.25) is 0 Å². The molecule has 0 fully saturated rings. The highest BCUT2D eigenvalue weighted by Gasteiger charge is 2.08. The highest BCUT2D eigenvalue weighted by Crippen LogP contribution is 2.16. The van der Waals surface area contributed by atoms with Crippen molar-refractivity contribution in [3.63, 3.8) is 0 Å². The van der Waals surface area contributed by atoms with E-state index in [9.17, 15) is 4.79 Å². The number of ether oxygens (including phenoxy) is 2. The number of carbonyl (C=O) groups is 1. The molecule has 0 aliphatic heterocycles. The summed E-state index contributed by atoms with van der Waals surface area (Å²) in [6.45, 7) is 8.66. The van der Waals surface area contributed by atoms with Crippen molar-refractivity contribution in [2.45, 2.75) is 13.8 Å². The van der Waals surface area contributed by atoms with Crippen LogP contribution in [0.25, 0.3) is 0 Å². The second-order valence-electron chi connectivity index (χ2n) is 5.64. The standard InChI is InChI=1S/C20H22N2O3S/c1-4-24-17-9-5-15(6-10-17)19(23)22-20(26)21-16-7-11-18(12-8-16)25-13-14(2)3/h5-12H,2,4,13H2,1,3H3,(H2,21,22,23,26). The molecule has 136 valence electrons. The van der Waals surface area contributed by atoms with Gasteiger partial charge in [0, 0.05) is 11.3 Å². The van der Waals surface area contributed by atoms with Crippen LogP contribution in [0.2, 0.25) is 0 Å². The molecule has 2 N–H and O–H groups in total. The lowest BCUT2D eigenvalue weighted by Gasteiger charge is -2.11. The Labute approximate surface area is 159 Å². The zero-order valence-electron chi connectivity index (χ0n) is 14.9. The Morgan fingerprint density at radius 3 is 2.19 bits per heavy atom. The molecule has 2 rings (SSSR count). The van der Waals surface area contributed by atoms with E-state index in [1.54, 1.807) is 24.3 Å². The Morgan fingerprint density at radius 2 is 1.62 bits per heavy atom. The molecule has 0 radical (unpaired) electrons. The molecule has 0 saturated heterocycles. The third kappa shape index (κ3) is 6.22. The van der Waals surface area contributed by atoms with Gasteiger partial charge in [0.15, 0.2) is 5.11 Å². The first-order chi connectivity index (χ1) is 12.5. The van der Waals surface area contributed by atoms with E-state index < -0.39 is 0 Å². The minimum atomic E-state index is -0.285. The van der Waals surface area contributed by atoms with E-state index in [1.807, 2.05) is 38.1 Å². The smallest absolute Gasteiger partial charge is 0.257 e. The van der Waals surface area contributed by atoms with Crippen LogP contribution in [-0.4, -0.2) is 24.2 Å². The van der Waals surface area contributed by atoms with Crippen LogP contribution in [0.1, 0.15) is 24.2 Å². The fraction of sp³-hybridized carbons (Fsp3) is 0.200. The van der Waals surface area contributed by atoms with Crippen molar-refractivity contribution < 1.29 is 14.3 Å². The number of hydrogen-bond acceptors (Lipinski definition) is 4. The molecule has 0 aromatic heterocycles. The summed E-state index contributed by atoms with van der Waals surface area (Å²) in [7, 11) is 0. The number of thiocarbonyl (C=S) groups is 1. The van der Waals surface area contributed by atoms with Gasteiger partial charge in [-0.1, -0.05) is 6.58 Å². The molecule has 1 amide bonds. The Kier molecular flexibility index (Phi) is 7.17. The second-order valence-corrected chi connectivity index (χ2v) is 6.04. The van der Waals surface area contributed by atoms with Gasteiger partial charge >= 0.3 is 0 Å². The lowest BCUT2D eigenvalue weighted by Crippen LogP contribution is -2.34. The third-order valence-electron chi connectivity index (χ3n) is 3.25. The van der Waals surface area contributed by atoms with Gasteiger partial charge in [0.1, 0.15) is 18.1 Å².